The van der Waals surface area contributed by atoms with Gasteiger partial charge in [-0.1, -0.05) is 0 Å². The molecule has 2 aromatic heterocycles. The Bertz CT molecular complexity index is 583. The molecule has 3 rings (SSSR count). The molecule has 1 atom stereocenters. The molecule has 94 valence electrons. The highest BCUT2D eigenvalue weighted by atomic mass is 16.5. The Morgan fingerprint density at radius 2 is 2.39 bits per heavy atom. The number of aromatic nitrogens is 5. The lowest BCUT2D eigenvalue weighted by Gasteiger charge is -2.17. The van der Waals surface area contributed by atoms with Crippen molar-refractivity contribution in [3.63, 3.8) is 0 Å². The number of methoxy groups -OCH3 is 1. The molecule has 1 unspecified atom stereocenters. The Kier molecular flexibility index (Phi) is 2.54. The van der Waals surface area contributed by atoms with Crippen LogP contribution in [-0.4, -0.2) is 51.2 Å². The van der Waals surface area contributed by atoms with Gasteiger partial charge in [-0.15, -0.1) is 5.10 Å². The second-order valence-corrected chi connectivity index (χ2v) is 4.17. The first kappa shape index (κ1) is 10.9. The van der Waals surface area contributed by atoms with Gasteiger partial charge in [-0.2, -0.15) is 4.52 Å². The summed E-state index contributed by atoms with van der Waals surface area (Å²) in [4.78, 5) is 17.6. The lowest BCUT2D eigenvalue weighted by Crippen LogP contribution is -2.25. The van der Waals surface area contributed by atoms with E-state index in [1.54, 1.807) is 16.9 Å². The molecule has 0 amide bonds. The van der Waals surface area contributed by atoms with Crippen LogP contribution >= 0.6 is 0 Å². The van der Waals surface area contributed by atoms with E-state index in [0.29, 0.717) is 12.2 Å². The van der Waals surface area contributed by atoms with Crippen LogP contribution in [0.15, 0.2) is 12.4 Å². The van der Waals surface area contributed by atoms with E-state index in [1.807, 2.05) is 4.90 Å². The summed E-state index contributed by atoms with van der Waals surface area (Å²) in [6.45, 7) is 1.37. The minimum Gasteiger partial charge on any atom is -0.469 e. The molecule has 3 heterocycles. The van der Waals surface area contributed by atoms with Crippen LogP contribution in [0.5, 0.6) is 0 Å². The summed E-state index contributed by atoms with van der Waals surface area (Å²) in [7, 11) is 1.41. The third-order valence-electron chi connectivity index (χ3n) is 3.14. The number of nitrogens with zero attached hydrogens (tertiary/aromatic N) is 6. The molecule has 0 saturated carbocycles. The zero-order valence-electron chi connectivity index (χ0n) is 9.85. The zero-order chi connectivity index (χ0) is 12.5. The van der Waals surface area contributed by atoms with Crippen LogP contribution in [-0.2, 0) is 9.53 Å². The predicted octanol–water partition coefficient (Wildman–Crippen LogP) is -0.481. The fourth-order valence-corrected chi connectivity index (χ4v) is 2.21. The number of esters is 1. The molecule has 18 heavy (non-hydrogen) atoms. The van der Waals surface area contributed by atoms with Crippen molar-refractivity contribution in [2.45, 2.75) is 6.42 Å². The van der Waals surface area contributed by atoms with E-state index in [-0.39, 0.29) is 11.9 Å². The smallest absolute Gasteiger partial charge is 0.310 e. The standard InChI is InChI=1S/C10H12N6O2/c1-18-10(17)7-2-3-15(6-7)9-5-11-4-8-12-13-14-16(8)9/h4-5,7H,2-3,6H2,1H3. The van der Waals surface area contributed by atoms with Gasteiger partial charge >= 0.3 is 5.97 Å². The molecule has 0 aromatic carbocycles. The molecule has 8 nitrogen and oxygen atoms in total. The molecule has 1 aliphatic heterocycles. The third-order valence-corrected chi connectivity index (χ3v) is 3.14. The first-order chi connectivity index (χ1) is 8.79. The van der Waals surface area contributed by atoms with Gasteiger partial charge < -0.3 is 9.64 Å². The highest BCUT2D eigenvalue weighted by molar-refractivity contribution is 5.74. The van der Waals surface area contributed by atoms with Gasteiger partial charge in [0.1, 0.15) is 0 Å². The largest absolute Gasteiger partial charge is 0.469 e. The van der Waals surface area contributed by atoms with Gasteiger partial charge in [0.25, 0.3) is 0 Å². The predicted molar refractivity (Wildman–Crippen MR) is 60.9 cm³/mol. The fraction of sp³-hybridized carbons (Fsp3) is 0.500. The summed E-state index contributed by atoms with van der Waals surface area (Å²) >= 11 is 0. The number of carbonyl (C=O) groups excluding carboxylic acids is 1. The van der Waals surface area contributed by atoms with Gasteiger partial charge in [0.05, 0.1) is 25.4 Å². The molecule has 1 fully saturated rings. The number of carbonyl (C=O) groups is 1. The molecule has 2 aromatic rings. The third kappa shape index (κ3) is 1.66. The number of anilines is 1. The summed E-state index contributed by atoms with van der Waals surface area (Å²) in [5.41, 5.74) is 0.592. The number of fused-ring (bicyclic) bond motifs is 1. The van der Waals surface area contributed by atoms with Crippen LogP contribution < -0.4 is 4.90 Å². The van der Waals surface area contributed by atoms with Crippen molar-refractivity contribution in [2.75, 3.05) is 25.1 Å². The van der Waals surface area contributed by atoms with Crippen LogP contribution in [0, 0.1) is 5.92 Å². The van der Waals surface area contributed by atoms with Crippen LogP contribution in [0.3, 0.4) is 0 Å². The van der Waals surface area contributed by atoms with E-state index in [0.717, 1.165) is 18.8 Å². The summed E-state index contributed by atoms with van der Waals surface area (Å²) in [5.74, 6) is 0.528. The van der Waals surface area contributed by atoms with Crippen LogP contribution in [0.2, 0.25) is 0 Å². The number of tetrazole rings is 1. The highest BCUT2D eigenvalue weighted by Gasteiger charge is 2.30. The van der Waals surface area contributed by atoms with Gasteiger partial charge in [0.2, 0.25) is 0 Å². The van der Waals surface area contributed by atoms with Crippen molar-refractivity contribution in [1.29, 1.82) is 0 Å². The van der Waals surface area contributed by atoms with Crippen molar-refractivity contribution in [1.82, 2.24) is 25.0 Å². The maximum Gasteiger partial charge on any atom is 0.310 e. The van der Waals surface area contributed by atoms with Crippen molar-refractivity contribution in [3.05, 3.63) is 12.4 Å². The first-order valence-corrected chi connectivity index (χ1v) is 5.64. The van der Waals surface area contributed by atoms with E-state index < -0.39 is 0 Å². The topological polar surface area (TPSA) is 85.5 Å². The summed E-state index contributed by atoms with van der Waals surface area (Å²) in [5, 5.41) is 11.4. The monoisotopic (exact) mass is 248 g/mol. The average molecular weight is 248 g/mol. The highest BCUT2D eigenvalue weighted by Crippen LogP contribution is 2.23. The van der Waals surface area contributed by atoms with Crippen LogP contribution in [0.4, 0.5) is 5.82 Å². The normalized spacial score (nSPS) is 19.4. The molecule has 1 saturated heterocycles. The van der Waals surface area contributed by atoms with Crippen molar-refractivity contribution in [3.8, 4) is 0 Å². The van der Waals surface area contributed by atoms with Crippen LogP contribution in [0.1, 0.15) is 6.42 Å². The van der Waals surface area contributed by atoms with Gasteiger partial charge in [-0.3, -0.25) is 9.78 Å². The van der Waals surface area contributed by atoms with E-state index in [9.17, 15) is 4.79 Å². The zero-order valence-corrected chi connectivity index (χ0v) is 9.85. The summed E-state index contributed by atoms with van der Waals surface area (Å²) in [6.07, 6.45) is 4.06. The van der Waals surface area contributed by atoms with Gasteiger partial charge in [-0.05, 0) is 16.8 Å². The fourth-order valence-electron chi connectivity index (χ4n) is 2.21. The molecule has 0 aliphatic carbocycles. The number of hydrogen-bond acceptors (Lipinski definition) is 7. The van der Waals surface area contributed by atoms with Gasteiger partial charge in [0, 0.05) is 13.1 Å². The Morgan fingerprint density at radius 1 is 1.50 bits per heavy atom. The maximum atomic E-state index is 11.5. The molecule has 0 bridgehead atoms. The Morgan fingerprint density at radius 3 is 3.22 bits per heavy atom. The molecule has 0 N–H and O–H groups in total. The van der Waals surface area contributed by atoms with Gasteiger partial charge in [-0.25, -0.2) is 0 Å². The first-order valence-electron chi connectivity index (χ1n) is 5.64. The second kappa shape index (κ2) is 4.21. The molecule has 8 heteroatoms. The second-order valence-electron chi connectivity index (χ2n) is 4.17. The average Bonchev–Trinajstić information content (AvgIpc) is 3.05. The maximum absolute atomic E-state index is 11.5. The minimum absolute atomic E-state index is 0.0956. The lowest BCUT2D eigenvalue weighted by molar-refractivity contribution is -0.144. The van der Waals surface area contributed by atoms with Crippen molar-refractivity contribution in [2.24, 2.45) is 5.92 Å². The quantitative estimate of drug-likeness (QED) is 0.663. The molecular formula is C10H12N6O2. The number of ether oxygens (including phenoxy) is 1. The Balaban J connectivity index is 1.88. The molecular weight excluding hydrogens is 236 g/mol. The Labute approximate surface area is 103 Å². The van der Waals surface area contributed by atoms with E-state index in [2.05, 4.69) is 20.5 Å². The summed E-state index contributed by atoms with van der Waals surface area (Å²) < 4.78 is 6.38. The van der Waals surface area contributed by atoms with E-state index in [1.165, 1.54) is 7.11 Å². The van der Waals surface area contributed by atoms with E-state index >= 15 is 0 Å². The molecule has 0 spiro atoms. The lowest BCUT2D eigenvalue weighted by atomic mass is 10.1. The van der Waals surface area contributed by atoms with Crippen molar-refractivity contribution >= 4 is 17.4 Å². The number of hydrogen-bond donors (Lipinski definition) is 0. The SMILES string of the molecule is COC(=O)C1CCN(c2cncc3nnnn23)C1. The molecule has 0 radical (unpaired) electrons. The minimum atomic E-state index is -0.172. The molecule has 1 aliphatic rings. The number of rotatable bonds is 2. The van der Waals surface area contributed by atoms with Gasteiger partial charge in [0.15, 0.2) is 11.5 Å². The van der Waals surface area contributed by atoms with Crippen LogP contribution in [0.25, 0.3) is 5.65 Å². The summed E-state index contributed by atoms with van der Waals surface area (Å²) in [6, 6.07) is 0. The van der Waals surface area contributed by atoms with Crippen molar-refractivity contribution < 1.29 is 9.53 Å². The van der Waals surface area contributed by atoms with E-state index in [4.69, 9.17) is 4.74 Å². The Hall–Kier alpha value is -2.25.